The molecule has 0 aliphatic heterocycles. The maximum Gasteiger partial charge on any atom is 0.333 e. The Morgan fingerprint density at radius 3 is 2.71 bits per heavy atom. The maximum atomic E-state index is 11.1. The van der Waals surface area contributed by atoms with Gasteiger partial charge in [-0.3, -0.25) is 0 Å². The fourth-order valence-electron chi connectivity index (χ4n) is 1.63. The first-order valence-corrected chi connectivity index (χ1v) is 6.04. The van der Waals surface area contributed by atoms with Gasteiger partial charge in [-0.05, 0) is 24.5 Å². The molecule has 0 unspecified atom stereocenters. The highest BCUT2D eigenvalue weighted by Gasteiger charge is 2.18. The van der Waals surface area contributed by atoms with Crippen molar-refractivity contribution < 1.29 is 14.6 Å². The first-order valence-electron chi connectivity index (χ1n) is 6.04. The van der Waals surface area contributed by atoms with Gasteiger partial charge in [-0.15, -0.1) is 0 Å². The molecule has 0 amide bonds. The van der Waals surface area contributed by atoms with E-state index in [0.29, 0.717) is 13.0 Å². The van der Waals surface area contributed by atoms with E-state index in [1.807, 2.05) is 31.2 Å². The van der Waals surface area contributed by atoms with Gasteiger partial charge < -0.3 is 9.84 Å². The lowest BCUT2D eigenvalue weighted by Crippen LogP contribution is -2.27. The molecule has 0 radical (unpaired) electrons. The average Bonchev–Trinajstić information content (AvgIpc) is 2.30. The van der Waals surface area contributed by atoms with Crippen molar-refractivity contribution in [3.63, 3.8) is 0 Å². The SMILES string of the molecule is CCCCO[C@@H](Cc1ccccc1C)C(=O)O. The molecule has 94 valence electrons. The summed E-state index contributed by atoms with van der Waals surface area (Å²) in [7, 11) is 0. The van der Waals surface area contributed by atoms with E-state index in [1.54, 1.807) is 0 Å². The Labute approximate surface area is 102 Å². The second-order valence-electron chi connectivity index (χ2n) is 4.18. The van der Waals surface area contributed by atoms with Crippen molar-refractivity contribution >= 4 is 5.97 Å². The number of benzene rings is 1. The maximum absolute atomic E-state index is 11.1. The lowest BCUT2D eigenvalue weighted by atomic mass is 10.0. The summed E-state index contributed by atoms with van der Waals surface area (Å²) in [6, 6.07) is 7.81. The second kappa shape index (κ2) is 7.07. The van der Waals surface area contributed by atoms with Gasteiger partial charge in [-0.25, -0.2) is 4.79 Å². The monoisotopic (exact) mass is 236 g/mol. The van der Waals surface area contributed by atoms with E-state index < -0.39 is 12.1 Å². The van der Waals surface area contributed by atoms with Crippen molar-refractivity contribution in [2.75, 3.05) is 6.61 Å². The fourth-order valence-corrected chi connectivity index (χ4v) is 1.63. The molecule has 0 heterocycles. The molecule has 0 fully saturated rings. The minimum Gasteiger partial charge on any atom is -0.479 e. The molecule has 1 rings (SSSR count). The highest BCUT2D eigenvalue weighted by molar-refractivity contribution is 5.72. The van der Waals surface area contributed by atoms with Gasteiger partial charge >= 0.3 is 5.97 Å². The first kappa shape index (κ1) is 13.7. The van der Waals surface area contributed by atoms with Gasteiger partial charge in [0.05, 0.1) is 0 Å². The summed E-state index contributed by atoms with van der Waals surface area (Å²) < 4.78 is 5.40. The van der Waals surface area contributed by atoms with Crippen LogP contribution in [0.1, 0.15) is 30.9 Å². The largest absolute Gasteiger partial charge is 0.479 e. The highest BCUT2D eigenvalue weighted by atomic mass is 16.5. The van der Waals surface area contributed by atoms with E-state index in [2.05, 4.69) is 6.92 Å². The predicted molar refractivity (Wildman–Crippen MR) is 67.2 cm³/mol. The summed E-state index contributed by atoms with van der Waals surface area (Å²) in [4.78, 5) is 11.1. The molecule has 1 aromatic carbocycles. The number of carboxylic acids is 1. The van der Waals surface area contributed by atoms with Crippen molar-refractivity contribution in [3.05, 3.63) is 35.4 Å². The third-order valence-corrected chi connectivity index (χ3v) is 2.76. The minimum absolute atomic E-state index is 0.436. The molecular weight excluding hydrogens is 216 g/mol. The van der Waals surface area contributed by atoms with Crippen molar-refractivity contribution in [3.8, 4) is 0 Å². The topological polar surface area (TPSA) is 46.5 Å². The van der Waals surface area contributed by atoms with Crippen molar-refractivity contribution in [2.24, 2.45) is 0 Å². The molecule has 0 aliphatic rings. The average molecular weight is 236 g/mol. The molecule has 3 nitrogen and oxygen atoms in total. The van der Waals surface area contributed by atoms with Crippen LogP contribution in [0.25, 0.3) is 0 Å². The summed E-state index contributed by atoms with van der Waals surface area (Å²) in [5.41, 5.74) is 2.15. The number of unbranched alkanes of at least 4 members (excludes halogenated alkanes) is 1. The number of carboxylic acid groups (broad SMARTS) is 1. The van der Waals surface area contributed by atoms with Crippen molar-refractivity contribution in [2.45, 2.75) is 39.2 Å². The normalized spacial score (nSPS) is 12.4. The summed E-state index contributed by atoms with van der Waals surface area (Å²) in [5.74, 6) is -0.885. The molecule has 1 aromatic rings. The number of hydrogen-bond donors (Lipinski definition) is 1. The van der Waals surface area contributed by atoms with E-state index in [1.165, 1.54) is 0 Å². The third-order valence-electron chi connectivity index (χ3n) is 2.76. The van der Waals surface area contributed by atoms with Gasteiger partial charge in [0.15, 0.2) is 6.10 Å². The minimum atomic E-state index is -0.885. The van der Waals surface area contributed by atoms with Gasteiger partial charge in [-0.1, -0.05) is 37.6 Å². The Kier molecular flexibility index (Phi) is 5.70. The molecule has 0 aliphatic carbocycles. The van der Waals surface area contributed by atoms with E-state index in [4.69, 9.17) is 9.84 Å². The number of aryl methyl sites for hydroxylation is 1. The Bertz CT molecular complexity index is 360. The van der Waals surface area contributed by atoms with Gasteiger partial charge in [0, 0.05) is 13.0 Å². The first-order chi connectivity index (χ1) is 8.15. The zero-order chi connectivity index (χ0) is 12.7. The van der Waals surface area contributed by atoms with Crippen LogP contribution in [0.2, 0.25) is 0 Å². The zero-order valence-electron chi connectivity index (χ0n) is 10.5. The lowest BCUT2D eigenvalue weighted by Gasteiger charge is -2.14. The van der Waals surface area contributed by atoms with Crippen LogP contribution in [-0.2, 0) is 16.0 Å². The molecule has 17 heavy (non-hydrogen) atoms. The van der Waals surface area contributed by atoms with Crippen molar-refractivity contribution in [1.82, 2.24) is 0 Å². The van der Waals surface area contributed by atoms with Crippen LogP contribution in [-0.4, -0.2) is 23.8 Å². The molecule has 0 bridgehead atoms. The summed E-state index contributed by atoms with van der Waals surface area (Å²) in [6.07, 6.45) is 1.61. The molecule has 0 aromatic heterocycles. The summed E-state index contributed by atoms with van der Waals surface area (Å²) >= 11 is 0. The lowest BCUT2D eigenvalue weighted by molar-refractivity contribution is -0.150. The van der Waals surface area contributed by atoms with Crippen LogP contribution in [0.4, 0.5) is 0 Å². The van der Waals surface area contributed by atoms with E-state index in [-0.39, 0.29) is 0 Å². The molecule has 1 atom stereocenters. The Balaban J connectivity index is 2.61. The van der Waals surface area contributed by atoms with Gasteiger partial charge in [0.2, 0.25) is 0 Å². The number of rotatable bonds is 7. The van der Waals surface area contributed by atoms with Crippen LogP contribution in [0.3, 0.4) is 0 Å². The number of ether oxygens (including phenoxy) is 1. The smallest absolute Gasteiger partial charge is 0.333 e. The quantitative estimate of drug-likeness (QED) is 0.740. The standard InChI is InChI=1S/C14H20O3/c1-3-4-9-17-13(14(15)16)10-12-8-6-5-7-11(12)2/h5-8,13H,3-4,9-10H2,1-2H3,(H,15,16)/t13-/m0/s1. The van der Waals surface area contributed by atoms with Gasteiger partial charge in [0.25, 0.3) is 0 Å². The van der Waals surface area contributed by atoms with Crippen LogP contribution in [0.5, 0.6) is 0 Å². The second-order valence-corrected chi connectivity index (χ2v) is 4.18. The van der Waals surface area contributed by atoms with Crippen LogP contribution in [0.15, 0.2) is 24.3 Å². The van der Waals surface area contributed by atoms with Gasteiger partial charge in [-0.2, -0.15) is 0 Å². The summed E-state index contributed by atoms with van der Waals surface area (Å²) in [5, 5.41) is 9.10. The molecule has 1 N–H and O–H groups in total. The number of hydrogen-bond acceptors (Lipinski definition) is 2. The Morgan fingerprint density at radius 2 is 2.12 bits per heavy atom. The molecule has 0 spiro atoms. The Hall–Kier alpha value is -1.35. The van der Waals surface area contributed by atoms with E-state index >= 15 is 0 Å². The molecule has 3 heteroatoms. The fraction of sp³-hybridized carbons (Fsp3) is 0.500. The molecule has 0 saturated heterocycles. The Morgan fingerprint density at radius 1 is 1.41 bits per heavy atom. The van der Waals surface area contributed by atoms with Crippen LogP contribution < -0.4 is 0 Å². The summed E-state index contributed by atoms with van der Waals surface area (Å²) in [6.45, 7) is 4.56. The number of carbonyl (C=O) groups is 1. The molecular formula is C14H20O3. The third kappa shape index (κ3) is 4.57. The van der Waals surface area contributed by atoms with Crippen LogP contribution in [0, 0.1) is 6.92 Å². The predicted octanol–water partition coefficient (Wildman–Crippen LogP) is 2.81. The zero-order valence-corrected chi connectivity index (χ0v) is 10.5. The number of aliphatic carboxylic acids is 1. The van der Waals surface area contributed by atoms with Gasteiger partial charge in [0.1, 0.15) is 0 Å². The van der Waals surface area contributed by atoms with Crippen LogP contribution >= 0.6 is 0 Å². The van der Waals surface area contributed by atoms with Crippen molar-refractivity contribution in [1.29, 1.82) is 0 Å². The van der Waals surface area contributed by atoms with E-state index in [0.717, 1.165) is 24.0 Å². The highest BCUT2D eigenvalue weighted by Crippen LogP contribution is 2.12. The van der Waals surface area contributed by atoms with E-state index in [9.17, 15) is 4.79 Å². The molecule has 0 saturated carbocycles.